The maximum Gasteiger partial charge on any atom is 0.326 e. The largest absolute Gasteiger partial charge is 0.481 e. The number of likely N-dealkylation sites (tertiary alicyclic amines) is 1. The molecule has 1 aromatic rings. The molecule has 1 heterocycles. The summed E-state index contributed by atoms with van der Waals surface area (Å²) in [5.41, 5.74) is 1.05. The van der Waals surface area contributed by atoms with Crippen LogP contribution in [-0.4, -0.2) is 40.6 Å². The van der Waals surface area contributed by atoms with Crippen molar-refractivity contribution in [3.05, 3.63) is 29.8 Å². The molecule has 5 heteroatoms. The van der Waals surface area contributed by atoms with E-state index in [4.69, 9.17) is 9.84 Å². The van der Waals surface area contributed by atoms with E-state index in [2.05, 4.69) is 0 Å². The van der Waals surface area contributed by atoms with E-state index in [0.29, 0.717) is 18.7 Å². The van der Waals surface area contributed by atoms with Crippen molar-refractivity contribution < 1.29 is 19.4 Å². The summed E-state index contributed by atoms with van der Waals surface area (Å²) in [4.78, 5) is 24.8. The number of hydrogen-bond donors (Lipinski definition) is 1. The molecular formula is C15H19NO4. The second-order valence-corrected chi connectivity index (χ2v) is 5.10. The molecule has 20 heavy (non-hydrogen) atoms. The summed E-state index contributed by atoms with van der Waals surface area (Å²) in [5.74, 6) is -0.591. The van der Waals surface area contributed by atoms with Crippen molar-refractivity contribution in [3.63, 3.8) is 0 Å². The lowest BCUT2D eigenvalue weighted by atomic mass is 10.2. The summed E-state index contributed by atoms with van der Waals surface area (Å²) in [7, 11) is 0. The predicted octanol–water partition coefficient (Wildman–Crippen LogP) is 1.84. The summed E-state index contributed by atoms with van der Waals surface area (Å²) in [5, 5.41) is 9.11. The number of ether oxygens (including phenoxy) is 1. The van der Waals surface area contributed by atoms with Gasteiger partial charge in [0.25, 0.3) is 5.91 Å². The third-order valence-electron chi connectivity index (χ3n) is 3.47. The van der Waals surface area contributed by atoms with Gasteiger partial charge in [0.15, 0.2) is 6.10 Å². The predicted molar refractivity (Wildman–Crippen MR) is 73.6 cm³/mol. The second-order valence-electron chi connectivity index (χ2n) is 5.10. The number of carbonyl (C=O) groups is 2. The molecule has 0 aromatic heterocycles. The highest BCUT2D eigenvalue weighted by atomic mass is 16.5. The van der Waals surface area contributed by atoms with Gasteiger partial charge in [0.1, 0.15) is 11.8 Å². The number of rotatable bonds is 4. The zero-order valence-corrected chi connectivity index (χ0v) is 11.7. The van der Waals surface area contributed by atoms with Crippen LogP contribution in [0.1, 0.15) is 25.3 Å². The third-order valence-corrected chi connectivity index (χ3v) is 3.47. The molecule has 0 bridgehead atoms. The Labute approximate surface area is 118 Å². The fourth-order valence-electron chi connectivity index (χ4n) is 2.46. The van der Waals surface area contributed by atoms with Gasteiger partial charge in [0.05, 0.1) is 0 Å². The smallest absolute Gasteiger partial charge is 0.326 e. The lowest BCUT2D eigenvalue weighted by molar-refractivity contribution is -0.150. The van der Waals surface area contributed by atoms with Crippen LogP contribution >= 0.6 is 0 Å². The fraction of sp³-hybridized carbons (Fsp3) is 0.467. The van der Waals surface area contributed by atoms with Crippen LogP contribution in [0, 0.1) is 6.92 Å². The van der Waals surface area contributed by atoms with Crippen LogP contribution in [0.15, 0.2) is 24.3 Å². The van der Waals surface area contributed by atoms with Gasteiger partial charge in [-0.3, -0.25) is 4.79 Å². The van der Waals surface area contributed by atoms with Gasteiger partial charge in [-0.2, -0.15) is 0 Å². The molecule has 1 amide bonds. The molecule has 2 rings (SSSR count). The number of aryl methyl sites for hydroxylation is 1. The van der Waals surface area contributed by atoms with E-state index in [0.717, 1.165) is 12.0 Å². The SMILES string of the molecule is Cc1cccc(O[C@H](C)C(=O)N2CCC[C@H]2C(=O)O)c1. The van der Waals surface area contributed by atoms with Crippen molar-refractivity contribution in [3.8, 4) is 5.75 Å². The van der Waals surface area contributed by atoms with Crippen LogP contribution in [0.5, 0.6) is 5.75 Å². The van der Waals surface area contributed by atoms with E-state index >= 15 is 0 Å². The first kappa shape index (κ1) is 14.4. The molecule has 1 N–H and O–H groups in total. The van der Waals surface area contributed by atoms with E-state index in [1.165, 1.54) is 4.90 Å². The van der Waals surface area contributed by atoms with Crippen molar-refractivity contribution in [2.45, 2.75) is 38.8 Å². The number of aliphatic carboxylic acids is 1. The molecule has 1 aliphatic heterocycles. The van der Waals surface area contributed by atoms with Crippen molar-refractivity contribution in [1.29, 1.82) is 0 Å². The van der Waals surface area contributed by atoms with Gasteiger partial charge in [-0.15, -0.1) is 0 Å². The Morgan fingerprint density at radius 1 is 1.45 bits per heavy atom. The zero-order chi connectivity index (χ0) is 14.7. The highest BCUT2D eigenvalue weighted by molar-refractivity contribution is 5.87. The summed E-state index contributed by atoms with van der Waals surface area (Å²) in [6.45, 7) is 4.08. The maximum absolute atomic E-state index is 12.3. The first-order valence-corrected chi connectivity index (χ1v) is 6.75. The summed E-state index contributed by atoms with van der Waals surface area (Å²) in [6.07, 6.45) is 0.551. The van der Waals surface area contributed by atoms with Crippen LogP contribution in [0.4, 0.5) is 0 Å². The van der Waals surface area contributed by atoms with E-state index in [1.807, 2.05) is 25.1 Å². The lowest BCUT2D eigenvalue weighted by Crippen LogP contribution is -2.46. The number of benzene rings is 1. The zero-order valence-electron chi connectivity index (χ0n) is 11.7. The Morgan fingerprint density at radius 3 is 2.85 bits per heavy atom. The van der Waals surface area contributed by atoms with E-state index < -0.39 is 18.1 Å². The molecule has 2 atom stereocenters. The molecule has 108 valence electrons. The monoisotopic (exact) mass is 277 g/mol. The van der Waals surface area contributed by atoms with Crippen molar-refractivity contribution in [1.82, 2.24) is 4.90 Å². The first-order chi connectivity index (χ1) is 9.49. The number of carboxylic acid groups (broad SMARTS) is 1. The molecule has 1 aromatic carbocycles. The first-order valence-electron chi connectivity index (χ1n) is 6.75. The Hall–Kier alpha value is -2.04. The minimum Gasteiger partial charge on any atom is -0.481 e. The molecule has 0 aliphatic carbocycles. The van der Waals surface area contributed by atoms with Crippen LogP contribution in [-0.2, 0) is 9.59 Å². The topological polar surface area (TPSA) is 66.8 Å². The van der Waals surface area contributed by atoms with E-state index in [-0.39, 0.29) is 5.91 Å². The van der Waals surface area contributed by atoms with Gasteiger partial charge in [-0.05, 0) is 44.4 Å². The molecule has 1 aliphatic rings. The molecule has 5 nitrogen and oxygen atoms in total. The lowest BCUT2D eigenvalue weighted by Gasteiger charge is -2.25. The number of carbonyl (C=O) groups excluding carboxylic acids is 1. The maximum atomic E-state index is 12.3. The van der Waals surface area contributed by atoms with E-state index in [9.17, 15) is 9.59 Å². The summed E-state index contributed by atoms with van der Waals surface area (Å²) in [6, 6.07) is 6.72. The Bertz CT molecular complexity index is 514. The molecule has 0 radical (unpaired) electrons. The summed E-state index contributed by atoms with van der Waals surface area (Å²) < 4.78 is 5.61. The van der Waals surface area contributed by atoms with Gasteiger partial charge in [0.2, 0.25) is 0 Å². The molecule has 1 fully saturated rings. The molecule has 0 unspecified atom stereocenters. The van der Waals surface area contributed by atoms with Crippen LogP contribution in [0.2, 0.25) is 0 Å². The molecular weight excluding hydrogens is 258 g/mol. The number of nitrogens with zero attached hydrogens (tertiary/aromatic N) is 1. The van der Waals surface area contributed by atoms with Gasteiger partial charge in [0, 0.05) is 6.54 Å². The van der Waals surface area contributed by atoms with Gasteiger partial charge < -0.3 is 14.7 Å². The third kappa shape index (κ3) is 3.10. The van der Waals surface area contributed by atoms with Crippen molar-refractivity contribution >= 4 is 11.9 Å². The van der Waals surface area contributed by atoms with Gasteiger partial charge in [-0.1, -0.05) is 12.1 Å². The second kappa shape index (κ2) is 5.94. The van der Waals surface area contributed by atoms with Crippen molar-refractivity contribution in [2.24, 2.45) is 0 Å². The molecule has 0 saturated carbocycles. The average Bonchev–Trinajstić information content (AvgIpc) is 2.87. The number of amides is 1. The van der Waals surface area contributed by atoms with Crippen molar-refractivity contribution in [2.75, 3.05) is 6.54 Å². The minimum atomic E-state index is -0.946. The van der Waals surface area contributed by atoms with Crippen LogP contribution < -0.4 is 4.74 Å². The van der Waals surface area contributed by atoms with Gasteiger partial charge in [-0.25, -0.2) is 4.79 Å². The number of carboxylic acids is 1. The van der Waals surface area contributed by atoms with E-state index in [1.54, 1.807) is 13.0 Å². The quantitative estimate of drug-likeness (QED) is 0.912. The molecule has 1 saturated heterocycles. The Balaban J connectivity index is 2.03. The highest BCUT2D eigenvalue weighted by Crippen LogP contribution is 2.20. The average molecular weight is 277 g/mol. The van der Waals surface area contributed by atoms with Gasteiger partial charge >= 0.3 is 5.97 Å². The fourth-order valence-corrected chi connectivity index (χ4v) is 2.46. The number of hydrogen-bond acceptors (Lipinski definition) is 3. The Morgan fingerprint density at radius 2 is 2.20 bits per heavy atom. The standard InChI is InChI=1S/C15H19NO4/c1-10-5-3-6-12(9-10)20-11(2)14(17)16-8-4-7-13(16)15(18)19/h3,5-6,9,11,13H,4,7-8H2,1-2H3,(H,18,19)/t11-,13+/m1/s1. The normalized spacial score (nSPS) is 19.7. The van der Waals surface area contributed by atoms with Crippen LogP contribution in [0.3, 0.4) is 0 Å². The summed E-state index contributed by atoms with van der Waals surface area (Å²) >= 11 is 0. The Kier molecular flexibility index (Phi) is 4.27. The highest BCUT2D eigenvalue weighted by Gasteiger charge is 2.36. The molecule has 0 spiro atoms. The van der Waals surface area contributed by atoms with Crippen LogP contribution in [0.25, 0.3) is 0 Å². The minimum absolute atomic E-state index is 0.267.